The molecule has 1 aliphatic heterocycles. The number of aliphatic hydroxyl groups is 1. The number of fused-ring (bicyclic) bond motifs is 1. The van der Waals surface area contributed by atoms with Crippen molar-refractivity contribution in [3.63, 3.8) is 0 Å². The summed E-state index contributed by atoms with van der Waals surface area (Å²) in [6.45, 7) is 7.85. The van der Waals surface area contributed by atoms with Crippen molar-refractivity contribution >= 4 is 0 Å². The minimum atomic E-state index is 0.0446. The Morgan fingerprint density at radius 2 is 1.89 bits per heavy atom. The largest absolute Gasteiger partial charge is 0.395 e. The Balaban J connectivity index is 2.08. The van der Waals surface area contributed by atoms with Crippen molar-refractivity contribution in [3.8, 4) is 0 Å². The third kappa shape index (κ3) is 2.73. The van der Waals surface area contributed by atoms with Gasteiger partial charge in [0.05, 0.1) is 6.61 Å². The summed E-state index contributed by atoms with van der Waals surface area (Å²) in [4.78, 5) is 2.53. The highest BCUT2D eigenvalue weighted by atomic mass is 16.3. The van der Waals surface area contributed by atoms with E-state index < -0.39 is 0 Å². The van der Waals surface area contributed by atoms with Crippen LogP contribution in [0.2, 0.25) is 0 Å². The zero-order chi connectivity index (χ0) is 13.3. The molecule has 3 N–H and O–H groups in total. The Hall–Kier alpha value is -0.120. The second-order valence-electron chi connectivity index (χ2n) is 7.28. The first-order valence-corrected chi connectivity index (χ1v) is 7.57. The summed E-state index contributed by atoms with van der Waals surface area (Å²) < 4.78 is 0. The van der Waals surface area contributed by atoms with E-state index in [2.05, 4.69) is 25.7 Å². The van der Waals surface area contributed by atoms with E-state index in [0.29, 0.717) is 6.04 Å². The Bertz CT molecular complexity index is 274. The monoisotopic (exact) mass is 254 g/mol. The highest BCUT2D eigenvalue weighted by molar-refractivity contribution is 4.98. The molecule has 1 aliphatic carbocycles. The number of hydrogen-bond donors (Lipinski definition) is 2. The summed E-state index contributed by atoms with van der Waals surface area (Å²) in [5, 5.41) is 9.79. The molecule has 0 bridgehead atoms. The molecule has 2 fully saturated rings. The summed E-state index contributed by atoms with van der Waals surface area (Å²) in [5.74, 6) is 0.861. The van der Waals surface area contributed by atoms with E-state index in [4.69, 9.17) is 5.73 Å². The van der Waals surface area contributed by atoms with Gasteiger partial charge in [0.1, 0.15) is 0 Å². The van der Waals surface area contributed by atoms with E-state index in [1.165, 1.54) is 32.1 Å². The van der Waals surface area contributed by atoms with Crippen LogP contribution in [-0.2, 0) is 0 Å². The van der Waals surface area contributed by atoms with E-state index in [9.17, 15) is 5.11 Å². The molecular weight excluding hydrogens is 224 g/mol. The van der Waals surface area contributed by atoms with Gasteiger partial charge >= 0.3 is 0 Å². The average molecular weight is 254 g/mol. The molecule has 0 radical (unpaired) electrons. The summed E-state index contributed by atoms with van der Waals surface area (Å²) >= 11 is 0. The van der Waals surface area contributed by atoms with Gasteiger partial charge < -0.3 is 10.8 Å². The lowest BCUT2D eigenvalue weighted by molar-refractivity contribution is 0.0458. The van der Waals surface area contributed by atoms with Gasteiger partial charge in [-0.3, -0.25) is 4.90 Å². The molecule has 0 amide bonds. The van der Waals surface area contributed by atoms with Crippen LogP contribution in [0.5, 0.6) is 0 Å². The number of aliphatic hydroxyl groups excluding tert-OH is 1. The van der Waals surface area contributed by atoms with Crippen molar-refractivity contribution in [2.24, 2.45) is 17.1 Å². The fraction of sp³-hybridized carbons (Fsp3) is 1.00. The van der Waals surface area contributed by atoms with Crippen molar-refractivity contribution < 1.29 is 5.11 Å². The number of hydrogen-bond acceptors (Lipinski definition) is 3. The van der Waals surface area contributed by atoms with Crippen molar-refractivity contribution in [1.29, 1.82) is 0 Å². The lowest BCUT2D eigenvalue weighted by atomic mass is 9.81. The second-order valence-corrected chi connectivity index (χ2v) is 7.28. The van der Waals surface area contributed by atoms with E-state index >= 15 is 0 Å². The van der Waals surface area contributed by atoms with E-state index in [1.54, 1.807) is 0 Å². The zero-order valence-electron chi connectivity index (χ0n) is 12.2. The average Bonchev–Trinajstić information content (AvgIpc) is 2.73. The minimum absolute atomic E-state index is 0.0446. The van der Waals surface area contributed by atoms with Crippen molar-refractivity contribution in [2.45, 2.75) is 71.0 Å². The standard InChI is InChI=1S/C15H30N2O/c1-15(2,3)14(16)13(10-18)17-9-8-11-6-4-5-7-12(11)17/h11-14,18H,4-10,16H2,1-3H3. The van der Waals surface area contributed by atoms with E-state index in [-0.39, 0.29) is 24.1 Å². The van der Waals surface area contributed by atoms with Crippen LogP contribution >= 0.6 is 0 Å². The van der Waals surface area contributed by atoms with Crippen LogP contribution in [0.1, 0.15) is 52.9 Å². The predicted molar refractivity (Wildman–Crippen MR) is 75.4 cm³/mol. The molecule has 3 nitrogen and oxygen atoms in total. The molecule has 2 rings (SSSR count). The number of rotatable bonds is 3. The summed E-state index contributed by atoms with van der Waals surface area (Å²) in [6.07, 6.45) is 6.73. The van der Waals surface area contributed by atoms with Crippen molar-refractivity contribution in [1.82, 2.24) is 4.90 Å². The maximum absolute atomic E-state index is 9.79. The van der Waals surface area contributed by atoms with Crippen LogP contribution in [0.4, 0.5) is 0 Å². The number of nitrogens with zero attached hydrogens (tertiary/aromatic N) is 1. The third-order valence-electron chi connectivity index (χ3n) is 5.08. The van der Waals surface area contributed by atoms with Crippen LogP contribution < -0.4 is 5.73 Å². The van der Waals surface area contributed by atoms with Crippen LogP contribution in [0.25, 0.3) is 0 Å². The molecule has 4 atom stereocenters. The lowest BCUT2D eigenvalue weighted by Crippen LogP contribution is -2.57. The smallest absolute Gasteiger partial charge is 0.0602 e. The molecule has 1 saturated carbocycles. The zero-order valence-corrected chi connectivity index (χ0v) is 12.2. The summed E-state index contributed by atoms with van der Waals surface area (Å²) in [7, 11) is 0. The first-order chi connectivity index (χ1) is 8.45. The topological polar surface area (TPSA) is 49.5 Å². The maximum atomic E-state index is 9.79. The van der Waals surface area contributed by atoms with E-state index in [1.807, 2.05) is 0 Å². The minimum Gasteiger partial charge on any atom is -0.395 e. The molecular formula is C15H30N2O. The molecule has 2 aliphatic rings. The number of nitrogens with two attached hydrogens (primary N) is 1. The van der Waals surface area contributed by atoms with Gasteiger partial charge in [-0.25, -0.2) is 0 Å². The molecule has 0 spiro atoms. The van der Waals surface area contributed by atoms with Crippen molar-refractivity contribution in [3.05, 3.63) is 0 Å². The Kier molecular flexibility index (Phi) is 4.35. The van der Waals surface area contributed by atoms with Gasteiger partial charge in [-0.1, -0.05) is 33.6 Å². The molecule has 1 saturated heterocycles. The van der Waals surface area contributed by atoms with Gasteiger partial charge in [0, 0.05) is 18.1 Å². The van der Waals surface area contributed by atoms with Gasteiger partial charge in [0.25, 0.3) is 0 Å². The molecule has 106 valence electrons. The Morgan fingerprint density at radius 1 is 1.22 bits per heavy atom. The van der Waals surface area contributed by atoms with Crippen molar-refractivity contribution in [2.75, 3.05) is 13.2 Å². The quantitative estimate of drug-likeness (QED) is 0.810. The summed E-state index contributed by atoms with van der Waals surface area (Å²) in [6, 6.07) is 0.866. The SMILES string of the molecule is CC(C)(C)C(N)C(CO)N1CCC2CCCCC21. The Labute approximate surface area is 112 Å². The number of likely N-dealkylation sites (tertiary alicyclic amines) is 1. The first kappa shape index (κ1) is 14.3. The van der Waals surface area contributed by atoms with Gasteiger partial charge in [0.15, 0.2) is 0 Å². The fourth-order valence-corrected chi connectivity index (χ4v) is 3.86. The van der Waals surface area contributed by atoms with Gasteiger partial charge in [-0.05, 0) is 37.1 Å². The summed E-state index contributed by atoms with van der Waals surface area (Å²) in [5.41, 5.74) is 6.46. The molecule has 18 heavy (non-hydrogen) atoms. The van der Waals surface area contributed by atoms with Gasteiger partial charge in [-0.2, -0.15) is 0 Å². The Morgan fingerprint density at radius 3 is 2.50 bits per heavy atom. The lowest BCUT2D eigenvalue weighted by Gasteiger charge is -2.42. The highest BCUT2D eigenvalue weighted by Gasteiger charge is 2.42. The van der Waals surface area contributed by atoms with Crippen LogP contribution in [0.15, 0.2) is 0 Å². The van der Waals surface area contributed by atoms with Crippen LogP contribution in [0, 0.1) is 11.3 Å². The van der Waals surface area contributed by atoms with Gasteiger partial charge in [-0.15, -0.1) is 0 Å². The molecule has 0 aromatic heterocycles. The van der Waals surface area contributed by atoms with Gasteiger partial charge in [0.2, 0.25) is 0 Å². The second kappa shape index (κ2) is 5.48. The molecule has 0 aromatic carbocycles. The first-order valence-electron chi connectivity index (χ1n) is 7.57. The molecule has 3 heteroatoms. The predicted octanol–water partition coefficient (Wildman–Crippen LogP) is 1.99. The molecule has 4 unspecified atom stereocenters. The van der Waals surface area contributed by atoms with Crippen LogP contribution in [0.3, 0.4) is 0 Å². The molecule has 1 heterocycles. The third-order valence-corrected chi connectivity index (χ3v) is 5.08. The normalized spacial score (nSPS) is 33.2. The highest BCUT2D eigenvalue weighted by Crippen LogP contribution is 2.38. The maximum Gasteiger partial charge on any atom is 0.0602 e. The van der Waals surface area contributed by atoms with E-state index in [0.717, 1.165) is 12.5 Å². The fourth-order valence-electron chi connectivity index (χ4n) is 3.86. The molecule has 0 aromatic rings. The van der Waals surface area contributed by atoms with Crippen LogP contribution in [-0.4, -0.2) is 41.3 Å².